The zero-order valence-electron chi connectivity index (χ0n) is 24.3. The van der Waals surface area contributed by atoms with Crippen LogP contribution in [0.3, 0.4) is 0 Å². The summed E-state index contributed by atoms with van der Waals surface area (Å²) in [5.41, 5.74) is 3.40. The third-order valence-electron chi connectivity index (χ3n) is 7.09. The van der Waals surface area contributed by atoms with Gasteiger partial charge in [0.2, 0.25) is 0 Å². The molecule has 0 spiro atoms. The number of aryl methyl sites for hydroxylation is 1. The second kappa shape index (κ2) is 17.4. The van der Waals surface area contributed by atoms with E-state index in [4.69, 9.17) is 10.2 Å². The van der Waals surface area contributed by atoms with Crippen LogP contribution >= 0.6 is 0 Å². The van der Waals surface area contributed by atoms with E-state index < -0.39 is 12.3 Å². The molecule has 0 aliphatic heterocycles. The van der Waals surface area contributed by atoms with E-state index in [-0.39, 0.29) is 12.5 Å². The minimum absolute atomic E-state index is 0.0452. The molecule has 3 N–H and O–H groups in total. The highest BCUT2D eigenvalue weighted by Crippen LogP contribution is 2.35. The van der Waals surface area contributed by atoms with Crippen LogP contribution in [0.1, 0.15) is 95.2 Å². The van der Waals surface area contributed by atoms with Gasteiger partial charge in [0.25, 0.3) is 0 Å². The molecule has 0 aliphatic carbocycles. The fraction of sp³-hybridized carbons (Fsp3) is 0.548. The van der Waals surface area contributed by atoms with Crippen LogP contribution in [0.2, 0.25) is 0 Å². The Morgan fingerprint density at radius 2 is 1.35 bits per heavy atom. The number of carbonyl (C=O) groups is 2. The number of benzene rings is 2. The maximum atomic E-state index is 10.9. The van der Waals surface area contributed by atoms with Gasteiger partial charge in [-0.05, 0) is 77.1 Å². The van der Waals surface area contributed by atoms with E-state index in [2.05, 4.69) is 72.6 Å². The van der Waals surface area contributed by atoms with Crippen LogP contribution in [-0.2, 0) is 16.1 Å². The fourth-order valence-corrected chi connectivity index (χ4v) is 5.18. The first-order valence-electron chi connectivity index (χ1n) is 14.3. The molecule has 40 heavy (non-hydrogen) atoms. The molecule has 2 aromatic carbocycles. The molecule has 0 heterocycles. The Bertz CT molecular complexity index is 1010. The van der Waals surface area contributed by atoms with Crippen LogP contribution in [0, 0.1) is 0 Å². The Morgan fingerprint density at radius 1 is 0.775 bits per heavy atom. The average Bonchev–Trinajstić information content (AvgIpc) is 2.88. The van der Waals surface area contributed by atoms with Gasteiger partial charge >= 0.3 is 12.3 Å². The molecule has 0 radical (unpaired) electrons. The Hall–Kier alpha value is -3.30. The van der Waals surface area contributed by atoms with Crippen molar-refractivity contribution in [1.82, 2.24) is 10.1 Å². The van der Waals surface area contributed by atoms with Crippen LogP contribution in [0.4, 0.5) is 9.59 Å². The van der Waals surface area contributed by atoms with Crippen LogP contribution in [-0.4, -0.2) is 62.9 Å². The zero-order valence-corrected chi connectivity index (χ0v) is 24.3. The maximum Gasteiger partial charge on any atom is 0.528 e. The van der Waals surface area contributed by atoms with E-state index in [9.17, 15) is 14.7 Å². The second-order valence-electron chi connectivity index (χ2n) is 10.7. The fourth-order valence-electron chi connectivity index (χ4n) is 5.18. The average molecular weight is 559 g/mol. The van der Waals surface area contributed by atoms with Gasteiger partial charge in [0, 0.05) is 28.8 Å². The minimum atomic E-state index is -1.62. The Balaban J connectivity index is 1.90. The molecule has 0 saturated carbocycles. The van der Waals surface area contributed by atoms with Crippen LogP contribution in [0.15, 0.2) is 48.5 Å². The molecule has 222 valence electrons. The predicted octanol–water partition coefficient (Wildman–Crippen LogP) is 7.44. The number of hydrogen-bond donors (Lipinski definition) is 3. The number of aromatic hydroxyl groups is 1. The van der Waals surface area contributed by atoms with Gasteiger partial charge in [-0.1, -0.05) is 68.1 Å². The van der Waals surface area contributed by atoms with E-state index in [0.29, 0.717) is 29.5 Å². The lowest BCUT2D eigenvalue weighted by Crippen LogP contribution is -2.38. The van der Waals surface area contributed by atoms with Gasteiger partial charge in [0.15, 0.2) is 0 Å². The summed E-state index contributed by atoms with van der Waals surface area (Å²) in [4.78, 5) is 32.3. The summed E-state index contributed by atoms with van der Waals surface area (Å²) in [6.45, 7) is 9.90. The van der Waals surface area contributed by atoms with Crippen molar-refractivity contribution in [2.45, 2.75) is 97.1 Å². The molecule has 0 unspecified atom stereocenters. The van der Waals surface area contributed by atoms with Gasteiger partial charge in [-0.3, -0.25) is 14.6 Å². The summed E-state index contributed by atoms with van der Waals surface area (Å²) in [6.07, 6.45) is 3.95. The Morgan fingerprint density at radius 3 is 1.93 bits per heavy atom. The Labute approximate surface area is 238 Å². The smallest absolute Gasteiger partial charge is 0.508 e. The first-order chi connectivity index (χ1) is 19.1. The van der Waals surface area contributed by atoms with E-state index in [0.717, 1.165) is 57.1 Å². The van der Waals surface area contributed by atoms with E-state index in [1.54, 1.807) is 0 Å². The number of phenols is 1. The normalized spacial score (nSPS) is 12.3. The van der Waals surface area contributed by atoms with Gasteiger partial charge in [0.05, 0.1) is 6.54 Å². The van der Waals surface area contributed by atoms with Crippen molar-refractivity contribution in [3.63, 3.8) is 0 Å². The quantitative estimate of drug-likeness (QED) is 0.127. The standard InChI is InChI=1S/C31H46N2O7/c1-23(2)32(24(3)4)21-19-27(26-15-11-9-12-16-26)28-22-25(17-18-29(28)34)14-10-7-5-6-8-13-20-33(39-30(35)36)40-31(37)38/h9,11-12,15-18,22-24,27,34H,5-8,10,13-14,19-21H2,1-4H3,(H,35,36)(H,37,38)/t27-/m1/s1. The highest BCUT2D eigenvalue weighted by molar-refractivity contribution is 5.58. The predicted molar refractivity (Wildman–Crippen MR) is 154 cm³/mol. The van der Waals surface area contributed by atoms with Crippen molar-refractivity contribution in [3.05, 3.63) is 65.2 Å². The molecule has 9 nitrogen and oxygen atoms in total. The summed E-state index contributed by atoms with van der Waals surface area (Å²) in [5, 5.41) is 28.6. The number of hydrogen-bond acceptors (Lipinski definition) is 7. The summed E-state index contributed by atoms with van der Waals surface area (Å²) < 4.78 is 0. The number of carboxylic acid groups (broad SMARTS) is 2. The highest BCUT2D eigenvalue weighted by atomic mass is 17.0. The molecule has 0 amide bonds. The lowest BCUT2D eigenvalue weighted by molar-refractivity contribution is -0.310. The van der Waals surface area contributed by atoms with Crippen LogP contribution in [0.25, 0.3) is 0 Å². The van der Waals surface area contributed by atoms with E-state index in [1.165, 1.54) is 11.1 Å². The highest BCUT2D eigenvalue weighted by Gasteiger charge is 2.22. The SMILES string of the molecule is CC(C)N(CC[C@H](c1ccccc1)c1cc(CCCCCCCCN(OC(=O)O)OC(=O)O)ccc1O)C(C)C. The Kier molecular flexibility index (Phi) is 14.3. The lowest BCUT2D eigenvalue weighted by atomic mass is 9.86. The topological polar surface area (TPSA) is 120 Å². The molecular formula is C31H46N2O7. The lowest BCUT2D eigenvalue weighted by Gasteiger charge is -2.32. The van der Waals surface area contributed by atoms with Gasteiger partial charge in [-0.25, -0.2) is 9.59 Å². The molecular weight excluding hydrogens is 512 g/mol. The van der Waals surface area contributed by atoms with Crippen molar-refractivity contribution in [1.29, 1.82) is 0 Å². The molecule has 9 heteroatoms. The number of unbranched alkanes of at least 4 members (excludes halogenated alkanes) is 5. The number of hydroxylamine groups is 2. The zero-order chi connectivity index (χ0) is 29.5. The van der Waals surface area contributed by atoms with E-state index >= 15 is 0 Å². The molecule has 0 saturated heterocycles. The number of phenolic OH excluding ortho intramolecular Hbond substituents is 1. The number of nitrogens with zero attached hydrogens (tertiary/aromatic N) is 2. The molecule has 0 fully saturated rings. The third kappa shape index (κ3) is 11.8. The number of rotatable bonds is 18. The van der Waals surface area contributed by atoms with Crippen LogP contribution < -0.4 is 0 Å². The summed E-state index contributed by atoms with van der Waals surface area (Å²) >= 11 is 0. The van der Waals surface area contributed by atoms with Gasteiger partial charge < -0.3 is 15.3 Å². The van der Waals surface area contributed by atoms with Crippen molar-refractivity contribution < 1.29 is 34.6 Å². The monoisotopic (exact) mass is 558 g/mol. The van der Waals surface area contributed by atoms with Crippen molar-refractivity contribution in [3.8, 4) is 5.75 Å². The van der Waals surface area contributed by atoms with Crippen LogP contribution in [0.5, 0.6) is 5.75 Å². The third-order valence-corrected chi connectivity index (χ3v) is 7.09. The second-order valence-corrected chi connectivity index (χ2v) is 10.7. The first kappa shape index (κ1) is 32.9. The summed E-state index contributed by atoms with van der Waals surface area (Å²) in [5.74, 6) is 0.446. The largest absolute Gasteiger partial charge is 0.528 e. The molecule has 0 bridgehead atoms. The molecule has 2 rings (SSSR count). The van der Waals surface area contributed by atoms with Gasteiger partial charge in [-0.2, -0.15) is 0 Å². The van der Waals surface area contributed by atoms with Crippen molar-refractivity contribution in [2.24, 2.45) is 0 Å². The first-order valence-corrected chi connectivity index (χ1v) is 14.3. The summed E-state index contributed by atoms with van der Waals surface area (Å²) in [6, 6.07) is 17.3. The van der Waals surface area contributed by atoms with Crippen molar-refractivity contribution in [2.75, 3.05) is 13.1 Å². The van der Waals surface area contributed by atoms with E-state index in [1.807, 2.05) is 18.2 Å². The molecule has 0 aromatic heterocycles. The molecule has 0 aliphatic rings. The summed E-state index contributed by atoms with van der Waals surface area (Å²) in [7, 11) is 0. The molecule has 1 atom stereocenters. The van der Waals surface area contributed by atoms with Crippen molar-refractivity contribution >= 4 is 12.3 Å². The molecule has 2 aromatic rings. The van der Waals surface area contributed by atoms with Gasteiger partial charge in [-0.15, -0.1) is 0 Å². The van der Waals surface area contributed by atoms with Gasteiger partial charge in [0.1, 0.15) is 5.75 Å². The minimum Gasteiger partial charge on any atom is -0.508 e. The maximum absolute atomic E-state index is 10.9.